The molecule has 1 unspecified atom stereocenters. The summed E-state index contributed by atoms with van der Waals surface area (Å²) in [6.45, 7) is 1.36. The molecule has 1 atom stereocenters. The SMILES string of the molecule is O=C(CSc1ccccc1)N(CC1CCCO1)c1nc2ccccc2s1. The number of aromatic nitrogens is 1. The number of para-hydroxylation sites is 1. The van der Waals surface area contributed by atoms with E-state index in [0.29, 0.717) is 12.3 Å². The molecule has 4 nitrogen and oxygen atoms in total. The van der Waals surface area contributed by atoms with Crippen LogP contribution in [-0.4, -0.2) is 35.9 Å². The first-order valence-corrected chi connectivity index (χ1v) is 10.6. The van der Waals surface area contributed by atoms with Crippen molar-refractivity contribution in [2.24, 2.45) is 0 Å². The van der Waals surface area contributed by atoms with Crippen LogP contribution in [0.5, 0.6) is 0 Å². The average Bonchev–Trinajstić information content (AvgIpc) is 3.34. The summed E-state index contributed by atoms with van der Waals surface area (Å²) in [5.41, 5.74) is 0.938. The monoisotopic (exact) mass is 384 g/mol. The van der Waals surface area contributed by atoms with Crippen LogP contribution in [0, 0.1) is 0 Å². The summed E-state index contributed by atoms with van der Waals surface area (Å²) in [6, 6.07) is 18.0. The van der Waals surface area contributed by atoms with Crippen LogP contribution < -0.4 is 4.90 Å². The van der Waals surface area contributed by atoms with Crippen molar-refractivity contribution in [3.05, 3.63) is 54.6 Å². The standard InChI is InChI=1S/C20H20N2O2S2/c23-19(14-25-16-8-2-1-3-9-16)22(13-15-7-6-12-24-15)20-21-17-10-4-5-11-18(17)26-20/h1-5,8-11,15H,6-7,12-14H2. The lowest BCUT2D eigenvalue weighted by Gasteiger charge is -2.23. The number of nitrogens with zero attached hydrogens (tertiary/aromatic N) is 2. The first-order valence-electron chi connectivity index (χ1n) is 8.75. The minimum atomic E-state index is 0.0772. The zero-order valence-electron chi connectivity index (χ0n) is 14.3. The molecule has 0 aliphatic carbocycles. The third kappa shape index (κ3) is 4.09. The minimum Gasteiger partial charge on any atom is -0.376 e. The topological polar surface area (TPSA) is 42.4 Å². The fraction of sp³-hybridized carbons (Fsp3) is 0.300. The van der Waals surface area contributed by atoms with Gasteiger partial charge in [0.15, 0.2) is 5.13 Å². The minimum absolute atomic E-state index is 0.0772. The number of ether oxygens (including phenoxy) is 1. The van der Waals surface area contributed by atoms with E-state index in [0.717, 1.165) is 39.7 Å². The van der Waals surface area contributed by atoms with E-state index in [1.54, 1.807) is 23.1 Å². The second-order valence-electron chi connectivity index (χ2n) is 6.21. The van der Waals surface area contributed by atoms with Crippen molar-refractivity contribution in [2.75, 3.05) is 23.8 Å². The van der Waals surface area contributed by atoms with Crippen molar-refractivity contribution in [2.45, 2.75) is 23.8 Å². The molecule has 1 fully saturated rings. The molecule has 1 aliphatic rings. The number of carbonyl (C=O) groups excluding carboxylic acids is 1. The van der Waals surface area contributed by atoms with Gasteiger partial charge in [0.1, 0.15) is 0 Å². The summed E-state index contributed by atoms with van der Waals surface area (Å²) in [4.78, 5) is 20.6. The van der Waals surface area contributed by atoms with Crippen LogP contribution in [0.1, 0.15) is 12.8 Å². The van der Waals surface area contributed by atoms with Crippen molar-refractivity contribution in [3.63, 3.8) is 0 Å². The highest BCUT2D eigenvalue weighted by molar-refractivity contribution is 8.00. The molecule has 2 aromatic carbocycles. The van der Waals surface area contributed by atoms with Gasteiger partial charge in [-0.1, -0.05) is 41.7 Å². The largest absolute Gasteiger partial charge is 0.376 e. The molecular formula is C20H20N2O2S2. The Labute approximate surface area is 161 Å². The van der Waals surface area contributed by atoms with E-state index in [4.69, 9.17) is 4.74 Å². The molecule has 134 valence electrons. The molecule has 26 heavy (non-hydrogen) atoms. The fourth-order valence-corrected chi connectivity index (χ4v) is 4.78. The molecule has 1 amide bonds. The first-order chi connectivity index (χ1) is 12.8. The summed E-state index contributed by atoms with van der Waals surface area (Å²) in [7, 11) is 0. The van der Waals surface area contributed by atoms with Gasteiger partial charge in [0.05, 0.1) is 28.6 Å². The van der Waals surface area contributed by atoms with Crippen LogP contribution in [0.25, 0.3) is 10.2 Å². The van der Waals surface area contributed by atoms with Gasteiger partial charge in [-0.3, -0.25) is 9.69 Å². The second kappa shape index (κ2) is 8.20. The lowest BCUT2D eigenvalue weighted by molar-refractivity contribution is -0.116. The first kappa shape index (κ1) is 17.5. The van der Waals surface area contributed by atoms with Crippen molar-refractivity contribution in [3.8, 4) is 0 Å². The summed E-state index contributed by atoms with van der Waals surface area (Å²) >= 11 is 3.13. The van der Waals surface area contributed by atoms with Gasteiger partial charge in [0.2, 0.25) is 5.91 Å². The Morgan fingerprint density at radius 3 is 2.77 bits per heavy atom. The molecule has 3 aromatic rings. The van der Waals surface area contributed by atoms with Crippen LogP contribution in [0.3, 0.4) is 0 Å². The summed E-state index contributed by atoms with van der Waals surface area (Å²) in [5.74, 6) is 0.473. The van der Waals surface area contributed by atoms with Crippen molar-refractivity contribution < 1.29 is 9.53 Å². The molecule has 0 spiro atoms. The third-order valence-electron chi connectivity index (χ3n) is 4.33. The van der Waals surface area contributed by atoms with Gasteiger partial charge in [-0.25, -0.2) is 4.98 Å². The number of anilines is 1. The normalized spacial score (nSPS) is 16.8. The number of hydrogen-bond acceptors (Lipinski definition) is 5. The molecule has 1 aromatic heterocycles. The van der Waals surface area contributed by atoms with Gasteiger partial charge in [-0.05, 0) is 37.1 Å². The summed E-state index contributed by atoms with van der Waals surface area (Å²) in [5, 5.41) is 0.764. The van der Waals surface area contributed by atoms with E-state index >= 15 is 0 Å². The van der Waals surface area contributed by atoms with Crippen molar-refractivity contribution in [1.82, 2.24) is 4.98 Å². The zero-order valence-corrected chi connectivity index (χ0v) is 16.0. The van der Waals surface area contributed by atoms with E-state index in [-0.39, 0.29) is 12.0 Å². The zero-order chi connectivity index (χ0) is 17.8. The predicted molar refractivity (Wildman–Crippen MR) is 108 cm³/mol. The van der Waals surface area contributed by atoms with Gasteiger partial charge in [-0.2, -0.15) is 0 Å². The quantitative estimate of drug-likeness (QED) is 0.583. The van der Waals surface area contributed by atoms with E-state index in [1.165, 1.54) is 0 Å². The van der Waals surface area contributed by atoms with Crippen LogP contribution >= 0.6 is 23.1 Å². The summed E-state index contributed by atoms with van der Waals surface area (Å²) < 4.78 is 6.87. The molecule has 0 bridgehead atoms. The van der Waals surface area contributed by atoms with Crippen LogP contribution in [0.15, 0.2) is 59.5 Å². The van der Waals surface area contributed by atoms with Gasteiger partial charge < -0.3 is 4.74 Å². The maximum absolute atomic E-state index is 13.0. The second-order valence-corrected chi connectivity index (χ2v) is 8.26. The van der Waals surface area contributed by atoms with Crippen LogP contribution in [0.4, 0.5) is 5.13 Å². The number of hydrogen-bond donors (Lipinski definition) is 0. The Bertz CT molecular complexity index is 843. The molecule has 6 heteroatoms. The van der Waals surface area contributed by atoms with E-state index in [2.05, 4.69) is 4.98 Å². The molecule has 4 rings (SSSR count). The van der Waals surface area contributed by atoms with Crippen LogP contribution in [0.2, 0.25) is 0 Å². The lowest BCUT2D eigenvalue weighted by atomic mass is 10.2. The van der Waals surface area contributed by atoms with E-state index < -0.39 is 0 Å². The Morgan fingerprint density at radius 1 is 1.19 bits per heavy atom. The Kier molecular flexibility index (Phi) is 5.53. The van der Waals surface area contributed by atoms with Crippen LogP contribution in [-0.2, 0) is 9.53 Å². The predicted octanol–water partition coefficient (Wildman–Crippen LogP) is 4.60. The highest BCUT2D eigenvalue weighted by atomic mass is 32.2. The molecule has 0 radical (unpaired) electrons. The number of benzene rings is 2. The van der Waals surface area contributed by atoms with Gasteiger partial charge in [0, 0.05) is 11.5 Å². The van der Waals surface area contributed by atoms with Crippen molar-refractivity contribution in [1.29, 1.82) is 0 Å². The smallest absolute Gasteiger partial charge is 0.239 e. The molecular weight excluding hydrogens is 364 g/mol. The molecule has 0 saturated carbocycles. The lowest BCUT2D eigenvalue weighted by Crippen LogP contribution is -2.38. The van der Waals surface area contributed by atoms with E-state index in [9.17, 15) is 4.79 Å². The Balaban J connectivity index is 1.54. The third-order valence-corrected chi connectivity index (χ3v) is 6.39. The van der Waals surface area contributed by atoms with Crippen molar-refractivity contribution >= 4 is 44.4 Å². The number of carbonyl (C=O) groups is 1. The molecule has 1 aliphatic heterocycles. The number of thioether (sulfide) groups is 1. The number of fused-ring (bicyclic) bond motifs is 1. The number of rotatable bonds is 6. The Morgan fingerprint density at radius 2 is 2.00 bits per heavy atom. The maximum Gasteiger partial charge on any atom is 0.239 e. The molecule has 2 heterocycles. The number of thiazole rings is 1. The van der Waals surface area contributed by atoms with E-state index in [1.807, 2.05) is 59.5 Å². The highest BCUT2D eigenvalue weighted by Crippen LogP contribution is 2.30. The maximum atomic E-state index is 13.0. The molecule has 0 N–H and O–H groups in total. The highest BCUT2D eigenvalue weighted by Gasteiger charge is 2.26. The Hall–Kier alpha value is -1.89. The fourth-order valence-electron chi connectivity index (χ4n) is 2.99. The number of amides is 1. The van der Waals surface area contributed by atoms with Gasteiger partial charge >= 0.3 is 0 Å². The van der Waals surface area contributed by atoms with Gasteiger partial charge in [0.25, 0.3) is 0 Å². The average molecular weight is 385 g/mol. The molecule has 1 saturated heterocycles. The summed E-state index contributed by atoms with van der Waals surface area (Å²) in [6.07, 6.45) is 2.17. The van der Waals surface area contributed by atoms with Gasteiger partial charge in [-0.15, -0.1) is 11.8 Å².